The van der Waals surface area contributed by atoms with Gasteiger partial charge in [-0.3, -0.25) is 9.59 Å². The molecule has 1 saturated heterocycles. The Kier molecular flexibility index (Phi) is 5.04. The molecule has 1 aliphatic heterocycles. The Hall–Kier alpha value is -0.960. The number of allylic oxidation sites excluding steroid dienone is 2. The lowest BCUT2D eigenvalue weighted by Gasteiger charge is -2.59. The zero-order valence-corrected chi connectivity index (χ0v) is 18.4. The van der Waals surface area contributed by atoms with Crippen LogP contribution in [0.15, 0.2) is 12.2 Å². The number of carbonyl (C=O) groups excluding carboxylic acids is 2. The fourth-order valence-electron chi connectivity index (χ4n) is 8.37. The SMILES string of the molecule is C[C@]12CCC(C=CC3CCNCC3)CC1C(=O)C[C@@H]1[C@H]2CC[C@]2(C)C(=O)CC[C@@H]12. The Balaban J connectivity index is 1.32. The second-order valence-corrected chi connectivity index (χ2v) is 11.5. The van der Waals surface area contributed by atoms with Gasteiger partial charge >= 0.3 is 0 Å². The summed E-state index contributed by atoms with van der Waals surface area (Å²) in [6.45, 7) is 6.94. The van der Waals surface area contributed by atoms with E-state index < -0.39 is 0 Å². The molecule has 7 atom stereocenters. The summed E-state index contributed by atoms with van der Waals surface area (Å²) in [5.74, 6) is 4.16. The van der Waals surface area contributed by atoms with Crippen LogP contribution in [-0.4, -0.2) is 24.7 Å². The maximum absolute atomic E-state index is 13.4. The van der Waals surface area contributed by atoms with E-state index in [1.54, 1.807) is 0 Å². The molecule has 0 aromatic rings. The minimum Gasteiger partial charge on any atom is -0.317 e. The molecule has 2 unspecified atom stereocenters. The van der Waals surface area contributed by atoms with Crippen LogP contribution >= 0.6 is 0 Å². The van der Waals surface area contributed by atoms with Gasteiger partial charge in [-0.1, -0.05) is 26.0 Å². The number of nitrogens with one attached hydrogen (secondary N) is 1. The van der Waals surface area contributed by atoms with E-state index >= 15 is 0 Å². The number of piperidine rings is 1. The Morgan fingerprint density at radius 3 is 2.45 bits per heavy atom. The van der Waals surface area contributed by atoms with E-state index in [9.17, 15) is 9.59 Å². The highest BCUT2D eigenvalue weighted by atomic mass is 16.1. The number of ketones is 2. The zero-order chi connectivity index (χ0) is 20.2. The van der Waals surface area contributed by atoms with E-state index in [-0.39, 0.29) is 16.7 Å². The molecule has 4 aliphatic carbocycles. The largest absolute Gasteiger partial charge is 0.317 e. The van der Waals surface area contributed by atoms with E-state index in [4.69, 9.17) is 0 Å². The van der Waals surface area contributed by atoms with Crippen molar-refractivity contribution in [3.8, 4) is 0 Å². The maximum atomic E-state index is 13.4. The monoisotopic (exact) mass is 397 g/mol. The molecule has 1 N–H and O–H groups in total. The van der Waals surface area contributed by atoms with Crippen LogP contribution in [0.5, 0.6) is 0 Å². The zero-order valence-electron chi connectivity index (χ0n) is 18.4. The molecule has 3 nitrogen and oxygen atoms in total. The average molecular weight is 398 g/mol. The fraction of sp³-hybridized carbons (Fsp3) is 0.846. The molecule has 5 rings (SSSR count). The number of carbonyl (C=O) groups is 2. The van der Waals surface area contributed by atoms with Crippen molar-refractivity contribution in [1.29, 1.82) is 0 Å². The van der Waals surface area contributed by atoms with Crippen molar-refractivity contribution in [2.24, 2.45) is 46.3 Å². The van der Waals surface area contributed by atoms with Crippen LogP contribution in [0.4, 0.5) is 0 Å². The number of Topliss-reactive ketones (excluding diaryl/α,β-unsaturated/α-hetero) is 2. The molecule has 29 heavy (non-hydrogen) atoms. The molecule has 0 spiro atoms. The topological polar surface area (TPSA) is 46.2 Å². The van der Waals surface area contributed by atoms with Gasteiger partial charge in [-0.05, 0) is 99.5 Å². The van der Waals surface area contributed by atoms with Crippen molar-refractivity contribution in [1.82, 2.24) is 5.32 Å². The van der Waals surface area contributed by atoms with Crippen LogP contribution < -0.4 is 5.32 Å². The van der Waals surface area contributed by atoms with Crippen LogP contribution in [-0.2, 0) is 9.59 Å². The van der Waals surface area contributed by atoms with E-state index in [2.05, 4.69) is 31.3 Å². The molecule has 5 aliphatic rings. The standard InChI is InChI=1S/C26H39NO2/c1-25-11-7-18(4-3-17-9-13-27-14-10-17)15-22(25)23(28)16-19-20-5-6-24(29)26(20,2)12-8-21(19)25/h3-4,17-22,27H,5-16H2,1-2H3/t18?,19-,20-,21+,22?,25+,26-/m0/s1. The Morgan fingerprint density at radius 2 is 1.66 bits per heavy atom. The predicted molar refractivity (Wildman–Crippen MR) is 115 cm³/mol. The van der Waals surface area contributed by atoms with E-state index in [0.717, 1.165) is 51.1 Å². The van der Waals surface area contributed by atoms with Gasteiger partial charge in [0.1, 0.15) is 11.6 Å². The van der Waals surface area contributed by atoms with Gasteiger partial charge in [-0.25, -0.2) is 0 Å². The molecule has 0 aromatic carbocycles. The first-order valence-corrected chi connectivity index (χ1v) is 12.4. The molecule has 4 saturated carbocycles. The molecule has 1 heterocycles. The summed E-state index contributed by atoms with van der Waals surface area (Å²) >= 11 is 0. The van der Waals surface area contributed by atoms with E-state index in [0.29, 0.717) is 35.2 Å². The smallest absolute Gasteiger partial charge is 0.139 e. The summed E-state index contributed by atoms with van der Waals surface area (Å²) in [4.78, 5) is 26.0. The molecule has 0 bridgehead atoms. The summed E-state index contributed by atoms with van der Waals surface area (Å²) in [7, 11) is 0. The summed E-state index contributed by atoms with van der Waals surface area (Å²) in [5.41, 5.74) is 0.0471. The molecule has 3 heteroatoms. The van der Waals surface area contributed by atoms with Crippen molar-refractivity contribution in [3.05, 3.63) is 12.2 Å². The highest BCUT2D eigenvalue weighted by Gasteiger charge is 2.62. The number of rotatable bonds is 2. The fourth-order valence-corrected chi connectivity index (χ4v) is 8.37. The molecular weight excluding hydrogens is 358 g/mol. The van der Waals surface area contributed by atoms with E-state index in [1.807, 2.05) is 0 Å². The molecule has 5 fully saturated rings. The number of hydrogen-bond acceptors (Lipinski definition) is 3. The van der Waals surface area contributed by atoms with Crippen LogP contribution in [0.2, 0.25) is 0 Å². The van der Waals surface area contributed by atoms with Gasteiger partial charge in [0.15, 0.2) is 0 Å². The highest BCUT2D eigenvalue weighted by Crippen LogP contribution is 2.65. The van der Waals surface area contributed by atoms with Crippen LogP contribution in [0.25, 0.3) is 0 Å². The van der Waals surface area contributed by atoms with E-state index in [1.165, 1.54) is 32.1 Å². The van der Waals surface area contributed by atoms with Crippen molar-refractivity contribution < 1.29 is 9.59 Å². The summed E-state index contributed by atoms with van der Waals surface area (Å²) in [6.07, 6.45) is 15.7. The molecule has 0 aromatic heterocycles. The van der Waals surface area contributed by atoms with Crippen molar-refractivity contribution >= 4 is 11.6 Å². The first-order valence-electron chi connectivity index (χ1n) is 12.4. The van der Waals surface area contributed by atoms with Gasteiger partial charge in [0.05, 0.1) is 0 Å². The van der Waals surface area contributed by atoms with Gasteiger partial charge in [-0.15, -0.1) is 0 Å². The summed E-state index contributed by atoms with van der Waals surface area (Å²) < 4.78 is 0. The Labute approximate surface area is 176 Å². The third-order valence-corrected chi connectivity index (χ3v) is 10.2. The van der Waals surface area contributed by atoms with Crippen LogP contribution in [0, 0.1) is 46.3 Å². The second kappa shape index (κ2) is 7.32. The molecule has 0 radical (unpaired) electrons. The molecule has 160 valence electrons. The van der Waals surface area contributed by atoms with Gasteiger partial charge in [0.2, 0.25) is 0 Å². The lowest BCUT2D eigenvalue weighted by atomic mass is 9.44. The Bertz CT molecular complexity index is 707. The van der Waals surface area contributed by atoms with Gasteiger partial charge in [-0.2, -0.15) is 0 Å². The first-order chi connectivity index (χ1) is 13.9. The molecular formula is C26H39NO2. The third kappa shape index (κ3) is 3.18. The van der Waals surface area contributed by atoms with Crippen LogP contribution in [0.3, 0.4) is 0 Å². The van der Waals surface area contributed by atoms with Crippen molar-refractivity contribution in [2.45, 2.75) is 78.1 Å². The third-order valence-electron chi connectivity index (χ3n) is 10.2. The number of hydrogen-bond donors (Lipinski definition) is 1. The molecule has 0 amide bonds. The minimum atomic E-state index is -0.126. The summed E-state index contributed by atoms with van der Waals surface area (Å²) in [6, 6.07) is 0. The normalized spacial score (nSPS) is 48.4. The minimum absolute atomic E-state index is 0.126. The maximum Gasteiger partial charge on any atom is 0.139 e. The predicted octanol–water partition coefficient (Wildman–Crippen LogP) is 4.95. The summed E-state index contributed by atoms with van der Waals surface area (Å²) in [5, 5.41) is 3.45. The Morgan fingerprint density at radius 1 is 0.897 bits per heavy atom. The first kappa shape index (κ1) is 20.0. The second-order valence-electron chi connectivity index (χ2n) is 11.5. The average Bonchev–Trinajstić information content (AvgIpc) is 3.03. The van der Waals surface area contributed by atoms with Gasteiger partial charge in [0.25, 0.3) is 0 Å². The van der Waals surface area contributed by atoms with Gasteiger partial charge < -0.3 is 5.32 Å². The van der Waals surface area contributed by atoms with Crippen molar-refractivity contribution in [3.63, 3.8) is 0 Å². The highest BCUT2D eigenvalue weighted by molar-refractivity contribution is 5.88. The van der Waals surface area contributed by atoms with Gasteiger partial charge in [0, 0.05) is 24.2 Å². The lowest BCUT2D eigenvalue weighted by molar-refractivity contribution is -0.157. The van der Waals surface area contributed by atoms with Crippen LogP contribution in [0.1, 0.15) is 78.1 Å². The lowest BCUT2D eigenvalue weighted by Crippen LogP contribution is -2.56. The number of fused-ring (bicyclic) bond motifs is 5. The quantitative estimate of drug-likeness (QED) is 0.671. The van der Waals surface area contributed by atoms with Crippen molar-refractivity contribution in [2.75, 3.05) is 13.1 Å².